The number of benzene rings is 1. The van der Waals surface area contributed by atoms with Crippen molar-refractivity contribution in [2.45, 2.75) is 25.4 Å². The van der Waals surface area contributed by atoms with Crippen LogP contribution >= 0.6 is 0 Å². The Balaban J connectivity index is 1.42. The van der Waals surface area contributed by atoms with Gasteiger partial charge in [-0.1, -0.05) is 18.2 Å². The average molecular weight is 328 g/mol. The summed E-state index contributed by atoms with van der Waals surface area (Å²) >= 11 is 0. The van der Waals surface area contributed by atoms with Gasteiger partial charge in [0.05, 0.1) is 11.6 Å². The highest BCUT2D eigenvalue weighted by Crippen LogP contribution is 2.19. The fourth-order valence-corrected chi connectivity index (χ4v) is 3.71. The standard InChI is InChI=1S/C18H24N4O2/c23-18(17-15-6-1-2-7-16(15)19-20-17)22-9-4-8-21(10-11-22)13-14-5-3-12-24-14/h1-2,6-7,14H,3-5,8-13H2,(H,19,20)/t14-/m0/s1. The summed E-state index contributed by atoms with van der Waals surface area (Å²) in [5.41, 5.74) is 1.45. The van der Waals surface area contributed by atoms with E-state index in [1.165, 1.54) is 12.8 Å². The summed E-state index contributed by atoms with van der Waals surface area (Å²) in [7, 11) is 0. The number of fused-ring (bicyclic) bond motifs is 1. The number of rotatable bonds is 3. The molecular formula is C18H24N4O2. The van der Waals surface area contributed by atoms with Gasteiger partial charge in [-0.05, 0) is 31.9 Å². The van der Waals surface area contributed by atoms with Gasteiger partial charge in [0.15, 0.2) is 5.69 Å². The summed E-state index contributed by atoms with van der Waals surface area (Å²) in [6.07, 6.45) is 3.72. The van der Waals surface area contributed by atoms with E-state index in [0.717, 1.165) is 56.7 Å². The van der Waals surface area contributed by atoms with Gasteiger partial charge in [0.1, 0.15) is 0 Å². The lowest BCUT2D eigenvalue weighted by molar-refractivity contribution is 0.0702. The van der Waals surface area contributed by atoms with E-state index >= 15 is 0 Å². The largest absolute Gasteiger partial charge is 0.377 e. The van der Waals surface area contributed by atoms with Crippen molar-refractivity contribution in [2.75, 3.05) is 39.3 Å². The number of aromatic amines is 1. The van der Waals surface area contributed by atoms with Gasteiger partial charge >= 0.3 is 0 Å². The molecule has 2 aromatic rings. The highest BCUT2D eigenvalue weighted by Gasteiger charge is 2.25. The van der Waals surface area contributed by atoms with Crippen molar-refractivity contribution in [3.63, 3.8) is 0 Å². The van der Waals surface area contributed by atoms with Gasteiger partial charge in [-0.2, -0.15) is 5.10 Å². The van der Waals surface area contributed by atoms with Crippen LogP contribution < -0.4 is 0 Å². The van der Waals surface area contributed by atoms with Crippen molar-refractivity contribution in [2.24, 2.45) is 0 Å². The number of amides is 1. The topological polar surface area (TPSA) is 61.5 Å². The second-order valence-corrected chi connectivity index (χ2v) is 6.70. The molecule has 4 rings (SSSR count). The number of para-hydroxylation sites is 1. The highest BCUT2D eigenvalue weighted by atomic mass is 16.5. The van der Waals surface area contributed by atoms with Crippen LogP contribution in [0, 0.1) is 0 Å². The third-order valence-corrected chi connectivity index (χ3v) is 5.03. The maximum atomic E-state index is 12.9. The first-order valence-electron chi connectivity index (χ1n) is 8.87. The molecule has 1 aromatic heterocycles. The van der Waals surface area contributed by atoms with Crippen LogP contribution in [0.1, 0.15) is 29.8 Å². The van der Waals surface area contributed by atoms with Gasteiger partial charge in [-0.3, -0.25) is 14.8 Å². The van der Waals surface area contributed by atoms with Gasteiger partial charge in [0.2, 0.25) is 0 Å². The lowest BCUT2D eigenvalue weighted by Crippen LogP contribution is -2.37. The number of carbonyl (C=O) groups excluding carboxylic acids is 1. The molecule has 128 valence electrons. The molecule has 1 atom stereocenters. The summed E-state index contributed by atoms with van der Waals surface area (Å²) in [5.74, 6) is 0.0337. The van der Waals surface area contributed by atoms with Crippen molar-refractivity contribution in [1.82, 2.24) is 20.0 Å². The van der Waals surface area contributed by atoms with Crippen molar-refractivity contribution in [3.05, 3.63) is 30.0 Å². The molecule has 2 fully saturated rings. The smallest absolute Gasteiger partial charge is 0.275 e. The number of ether oxygens (including phenoxy) is 1. The second kappa shape index (κ2) is 6.91. The van der Waals surface area contributed by atoms with Crippen LogP contribution in [0.2, 0.25) is 0 Å². The fourth-order valence-electron chi connectivity index (χ4n) is 3.71. The molecule has 1 amide bonds. The SMILES string of the molecule is O=C(c1n[nH]c2ccccc12)N1CCCN(C[C@@H]2CCCO2)CC1. The molecule has 0 aliphatic carbocycles. The normalized spacial score (nSPS) is 22.8. The molecule has 1 N–H and O–H groups in total. The zero-order chi connectivity index (χ0) is 16.4. The molecule has 1 aromatic carbocycles. The van der Waals surface area contributed by atoms with E-state index in [9.17, 15) is 4.79 Å². The fraction of sp³-hybridized carbons (Fsp3) is 0.556. The lowest BCUT2D eigenvalue weighted by atomic mass is 10.2. The number of nitrogens with zero attached hydrogens (tertiary/aromatic N) is 3. The molecule has 2 aliphatic rings. The molecule has 3 heterocycles. The minimum atomic E-state index is 0.0337. The molecule has 2 saturated heterocycles. The minimum Gasteiger partial charge on any atom is -0.377 e. The number of aromatic nitrogens is 2. The summed E-state index contributed by atoms with van der Waals surface area (Å²) in [6, 6.07) is 7.79. The summed E-state index contributed by atoms with van der Waals surface area (Å²) in [5, 5.41) is 8.12. The van der Waals surface area contributed by atoms with Crippen LogP contribution in [0.15, 0.2) is 24.3 Å². The zero-order valence-electron chi connectivity index (χ0n) is 13.9. The minimum absolute atomic E-state index is 0.0337. The monoisotopic (exact) mass is 328 g/mol. The van der Waals surface area contributed by atoms with Gasteiger partial charge in [0.25, 0.3) is 5.91 Å². The van der Waals surface area contributed by atoms with Crippen LogP contribution in [0.3, 0.4) is 0 Å². The molecule has 0 radical (unpaired) electrons. The van der Waals surface area contributed by atoms with Gasteiger partial charge in [-0.25, -0.2) is 0 Å². The van der Waals surface area contributed by atoms with Crippen LogP contribution in [0.25, 0.3) is 10.9 Å². The Morgan fingerprint density at radius 2 is 2.12 bits per heavy atom. The van der Waals surface area contributed by atoms with Crippen LogP contribution in [-0.4, -0.2) is 71.3 Å². The van der Waals surface area contributed by atoms with E-state index in [4.69, 9.17) is 4.74 Å². The van der Waals surface area contributed by atoms with Crippen molar-refractivity contribution in [3.8, 4) is 0 Å². The maximum Gasteiger partial charge on any atom is 0.275 e. The van der Waals surface area contributed by atoms with E-state index in [1.807, 2.05) is 29.2 Å². The lowest BCUT2D eigenvalue weighted by Gasteiger charge is -2.23. The Bertz CT molecular complexity index is 708. The first kappa shape index (κ1) is 15.6. The Kier molecular flexibility index (Phi) is 4.49. The number of carbonyl (C=O) groups is 1. The average Bonchev–Trinajstić information content (AvgIpc) is 3.20. The Hall–Kier alpha value is -1.92. The van der Waals surface area contributed by atoms with Crippen molar-refractivity contribution >= 4 is 16.8 Å². The Morgan fingerprint density at radius 1 is 1.21 bits per heavy atom. The van der Waals surface area contributed by atoms with Crippen LogP contribution in [0.5, 0.6) is 0 Å². The molecule has 0 unspecified atom stereocenters. The number of hydrogen-bond donors (Lipinski definition) is 1. The molecule has 6 heteroatoms. The Labute approximate surface area is 141 Å². The van der Waals surface area contributed by atoms with Crippen LogP contribution in [-0.2, 0) is 4.74 Å². The summed E-state index contributed by atoms with van der Waals surface area (Å²) in [4.78, 5) is 17.3. The van der Waals surface area contributed by atoms with Crippen molar-refractivity contribution < 1.29 is 9.53 Å². The van der Waals surface area contributed by atoms with Gasteiger partial charge in [0, 0.05) is 38.2 Å². The Morgan fingerprint density at radius 3 is 3.00 bits per heavy atom. The quantitative estimate of drug-likeness (QED) is 0.935. The highest BCUT2D eigenvalue weighted by molar-refractivity contribution is 6.04. The van der Waals surface area contributed by atoms with E-state index in [1.54, 1.807) is 0 Å². The predicted molar refractivity (Wildman–Crippen MR) is 92.0 cm³/mol. The molecule has 2 aliphatic heterocycles. The predicted octanol–water partition coefficient (Wildman–Crippen LogP) is 1.89. The molecule has 24 heavy (non-hydrogen) atoms. The van der Waals surface area contributed by atoms with Crippen molar-refractivity contribution in [1.29, 1.82) is 0 Å². The summed E-state index contributed by atoms with van der Waals surface area (Å²) in [6.45, 7) is 5.39. The molecule has 6 nitrogen and oxygen atoms in total. The number of H-pyrrole nitrogens is 1. The number of hydrogen-bond acceptors (Lipinski definition) is 4. The maximum absolute atomic E-state index is 12.9. The van der Waals surface area contributed by atoms with E-state index < -0.39 is 0 Å². The van der Waals surface area contributed by atoms with E-state index in [0.29, 0.717) is 11.8 Å². The molecular weight excluding hydrogens is 304 g/mol. The van der Waals surface area contributed by atoms with Gasteiger partial charge in [-0.15, -0.1) is 0 Å². The number of nitrogens with one attached hydrogen (secondary N) is 1. The molecule has 0 spiro atoms. The zero-order valence-corrected chi connectivity index (χ0v) is 13.9. The van der Waals surface area contributed by atoms with E-state index in [2.05, 4.69) is 15.1 Å². The second-order valence-electron chi connectivity index (χ2n) is 6.70. The first-order valence-corrected chi connectivity index (χ1v) is 8.87. The summed E-state index contributed by atoms with van der Waals surface area (Å²) < 4.78 is 5.74. The third-order valence-electron chi connectivity index (χ3n) is 5.03. The third kappa shape index (κ3) is 3.16. The molecule has 0 bridgehead atoms. The van der Waals surface area contributed by atoms with E-state index in [-0.39, 0.29) is 5.91 Å². The van der Waals surface area contributed by atoms with Gasteiger partial charge < -0.3 is 9.64 Å². The first-order chi connectivity index (χ1) is 11.8. The van der Waals surface area contributed by atoms with Crippen LogP contribution in [0.4, 0.5) is 0 Å². The molecule has 0 saturated carbocycles.